The Kier molecular flexibility index (Phi) is 9.14. The Morgan fingerprint density at radius 2 is 1.24 bits per heavy atom. The molecular weight excluding hydrogens is 214 g/mol. The molecule has 0 aliphatic rings. The molecule has 1 N–H and O–H groups in total. The van der Waals surface area contributed by atoms with Gasteiger partial charge in [-0.3, -0.25) is 0 Å². The second-order valence-electron chi connectivity index (χ2n) is 5.12. The van der Waals surface area contributed by atoms with E-state index in [1.54, 1.807) is 0 Å². The number of unbranched alkanes of at least 4 members (excludes halogenated alkanes) is 3. The van der Waals surface area contributed by atoms with Crippen molar-refractivity contribution in [3.8, 4) is 0 Å². The summed E-state index contributed by atoms with van der Waals surface area (Å²) in [7, 11) is 0. The van der Waals surface area contributed by atoms with Crippen LogP contribution in [0.4, 0.5) is 0 Å². The van der Waals surface area contributed by atoms with Gasteiger partial charge in [0.25, 0.3) is 0 Å². The van der Waals surface area contributed by atoms with Gasteiger partial charge in [-0.2, -0.15) is 0 Å². The van der Waals surface area contributed by atoms with E-state index in [0.29, 0.717) is 6.54 Å². The molecule has 0 rings (SSSR count). The fourth-order valence-corrected chi connectivity index (χ4v) is 2.34. The largest absolute Gasteiger partial charge is 0.477 e. The lowest BCUT2D eigenvalue weighted by Crippen LogP contribution is -2.53. The van der Waals surface area contributed by atoms with Gasteiger partial charge in [0.05, 0.1) is 19.6 Å². The van der Waals surface area contributed by atoms with E-state index in [1.807, 2.05) is 0 Å². The lowest BCUT2D eigenvalue weighted by atomic mass is 10.1. The topological polar surface area (TPSA) is 37.3 Å². The predicted molar refractivity (Wildman–Crippen MR) is 72.1 cm³/mol. The number of aliphatic carboxylic acids is 1. The van der Waals surface area contributed by atoms with Gasteiger partial charge in [-0.15, -0.1) is 0 Å². The number of nitrogens with zero attached hydrogens (tertiary/aromatic N) is 1. The van der Waals surface area contributed by atoms with Gasteiger partial charge in [0, 0.05) is 0 Å². The first-order valence-corrected chi connectivity index (χ1v) is 7.17. The zero-order chi connectivity index (χ0) is 13.1. The summed E-state index contributed by atoms with van der Waals surface area (Å²) in [5.74, 6) is -0.645. The summed E-state index contributed by atoms with van der Waals surface area (Å²) in [6.07, 6.45) is 6.87. The molecule has 17 heavy (non-hydrogen) atoms. The van der Waals surface area contributed by atoms with Crippen LogP contribution in [-0.4, -0.2) is 41.7 Å². The summed E-state index contributed by atoms with van der Waals surface area (Å²) in [5, 5.41) is 9.13. The van der Waals surface area contributed by atoms with Crippen LogP contribution in [0.1, 0.15) is 59.3 Å². The van der Waals surface area contributed by atoms with Crippen LogP contribution in [0.5, 0.6) is 0 Å². The molecule has 0 aromatic heterocycles. The highest BCUT2D eigenvalue weighted by atomic mass is 16.4. The highest BCUT2D eigenvalue weighted by molar-refractivity contribution is 5.67. The molecule has 0 saturated heterocycles. The third kappa shape index (κ3) is 7.37. The van der Waals surface area contributed by atoms with Crippen molar-refractivity contribution in [1.29, 1.82) is 0 Å². The summed E-state index contributed by atoms with van der Waals surface area (Å²) in [5.41, 5.74) is 0. The molecule has 0 aliphatic heterocycles. The molecule has 0 fully saturated rings. The minimum Gasteiger partial charge on any atom is -0.477 e. The van der Waals surface area contributed by atoms with E-state index < -0.39 is 5.97 Å². The molecule has 0 radical (unpaired) electrons. The van der Waals surface area contributed by atoms with E-state index in [0.717, 1.165) is 62.6 Å². The summed E-state index contributed by atoms with van der Waals surface area (Å²) in [4.78, 5) is 11.1. The van der Waals surface area contributed by atoms with Gasteiger partial charge in [-0.05, 0) is 19.3 Å². The van der Waals surface area contributed by atoms with E-state index in [2.05, 4.69) is 20.8 Å². The highest BCUT2D eigenvalue weighted by Gasteiger charge is 2.28. The second kappa shape index (κ2) is 9.46. The van der Waals surface area contributed by atoms with E-state index in [-0.39, 0.29) is 0 Å². The average Bonchev–Trinajstić information content (AvgIpc) is 2.30. The Balaban J connectivity index is 4.56. The van der Waals surface area contributed by atoms with Gasteiger partial charge in [0.15, 0.2) is 6.54 Å². The summed E-state index contributed by atoms with van der Waals surface area (Å²) < 4.78 is 0.796. The quantitative estimate of drug-likeness (QED) is 0.566. The van der Waals surface area contributed by atoms with Gasteiger partial charge in [-0.1, -0.05) is 40.0 Å². The summed E-state index contributed by atoms with van der Waals surface area (Å²) in [6.45, 7) is 9.92. The number of rotatable bonds is 11. The molecule has 0 aliphatic carbocycles. The molecule has 3 heteroatoms. The van der Waals surface area contributed by atoms with Crippen molar-refractivity contribution >= 4 is 5.97 Å². The molecule has 102 valence electrons. The maximum atomic E-state index is 11.1. The van der Waals surface area contributed by atoms with E-state index >= 15 is 0 Å². The van der Waals surface area contributed by atoms with Crippen molar-refractivity contribution in [2.24, 2.45) is 0 Å². The molecule has 0 aromatic rings. The smallest absolute Gasteiger partial charge is 0.359 e. The first kappa shape index (κ1) is 16.4. The fraction of sp³-hybridized carbons (Fsp3) is 0.929. The number of hydrogen-bond donors (Lipinski definition) is 1. The molecule has 0 aromatic carbocycles. The maximum Gasteiger partial charge on any atom is 0.359 e. The number of carboxylic acids is 1. The number of hydrogen-bond acceptors (Lipinski definition) is 1. The predicted octanol–water partition coefficient (Wildman–Crippen LogP) is 3.29. The van der Waals surface area contributed by atoms with Crippen molar-refractivity contribution < 1.29 is 14.4 Å². The molecule has 3 nitrogen and oxygen atoms in total. The molecule has 0 spiro atoms. The van der Waals surface area contributed by atoms with Crippen LogP contribution < -0.4 is 0 Å². The molecule has 0 bridgehead atoms. The number of quaternary nitrogens is 1. The molecule has 0 atom stereocenters. The zero-order valence-corrected chi connectivity index (χ0v) is 11.9. The molecular formula is C14H30NO2+. The minimum atomic E-state index is -0.645. The lowest BCUT2D eigenvalue weighted by molar-refractivity contribution is -0.922. The van der Waals surface area contributed by atoms with Crippen LogP contribution >= 0.6 is 0 Å². The Morgan fingerprint density at radius 3 is 1.47 bits per heavy atom. The van der Waals surface area contributed by atoms with Gasteiger partial charge >= 0.3 is 5.97 Å². The Morgan fingerprint density at radius 1 is 0.882 bits per heavy atom. The fourth-order valence-electron chi connectivity index (χ4n) is 2.34. The first-order valence-electron chi connectivity index (χ1n) is 7.17. The monoisotopic (exact) mass is 244 g/mol. The van der Waals surface area contributed by atoms with Gasteiger partial charge in [0.2, 0.25) is 0 Å². The number of carboxylic acid groups (broad SMARTS) is 1. The van der Waals surface area contributed by atoms with Gasteiger partial charge in [-0.25, -0.2) is 4.79 Å². The van der Waals surface area contributed by atoms with Crippen LogP contribution in [-0.2, 0) is 4.79 Å². The van der Waals surface area contributed by atoms with E-state index in [1.165, 1.54) is 0 Å². The SMILES string of the molecule is CCCC[N+](CCCC)(CCCC)CC(=O)O. The second-order valence-corrected chi connectivity index (χ2v) is 5.12. The minimum absolute atomic E-state index is 0.306. The number of carbonyl (C=O) groups is 1. The van der Waals surface area contributed by atoms with Crippen molar-refractivity contribution in [1.82, 2.24) is 0 Å². The van der Waals surface area contributed by atoms with Gasteiger partial charge in [0.1, 0.15) is 0 Å². The molecule has 0 saturated carbocycles. The first-order chi connectivity index (χ1) is 8.10. The lowest BCUT2D eigenvalue weighted by Gasteiger charge is -2.37. The Hall–Kier alpha value is -0.570. The third-order valence-electron chi connectivity index (χ3n) is 3.43. The third-order valence-corrected chi connectivity index (χ3v) is 3.43. The molecule has 0 heterocycles. The summed E-state index contributed by atoms with van der Waals surface area (Å²) in [6, 6.07) is 0. The van der Waals surface area contributed by atoms with Crippen molar-refractivity contribution in [2.45, 2.75) is 59.3 Å². The van der Waals surface area contributed by atoms with Crippen LogP contribution in [0.3, 0.4) is 0 Å². The average molecular weight is 244 g/mol. The molecule has 0 unspecified atom stereocenters. The zero-order valence-electron chi connectivity index (χ0n) is 11.9. The Labute approximate surface area is 106 Å². The highest BCUT2D eigenvalue weighted by Crippen LogP contribution is 2.14. The van der Waals surface area contributed by atoms with E-state index in [9.17, 15) is 4.79 Å². The van der Waals surface area contributed by atoms with E-state index in [4.69, 9.17) is 5.11 Å². The van der Waals surface area contributed by atoms with Crippen LogP contribution in [0.2, 0.25) is 0 Å². The Bertz CT molecular complexity index is 183. The van der Waals surface area contributed by atoms with Crippen LogP contribution in [0.15, 0.2) is 0 Å². The van der Waals surface area contributed by atoms with Crippen molar-refractivity contribution in [3.63, 3.8) is 0 Å². The molecule has 0 amide bonds. The van der Waals surface area contributed by atoms with Crippen molar-refractivity contribution in [2.75, 3.05) is 26.2 Å². The normalized spacial score (nSPS) is 11.7. The standard InChI is InChI=1S/C14H29NO2/c1-4-7-10-15(11-8-5-2,12-9-6-3)13-14(16)17/h4-13H2,1-3H3/p+1. The summed E-state index contributed by atoms with van der Waals surface area (Å²) >= 11 is 0. The maximum absolute atomic E-state index is 11.1. The van der Waals surface area contributed by atoms with Crippen LogP contribution in [0, 0.1) is 0 Å². The van der Waals surface area contributed by atoms with Gasteiger partial charge < -0.3 is 9.59 Å². The van der Waals surface area contributed by atoms with Crippen molar-refractivity contribution in [3.05, 3.63) is 0 Å². The van der Waals surface area contributed by atoms with Crippen LogP contribution in [0.25, 0.3) is 0 Å².